The first kappa shape index (κ1) is 20.0. The van der Waals surface area contributed by atoms with Crippen molar-refractivity contribution in [3.63, 3.8) is 0 Å². The molecule has 1 aromatic rings. The standard InChI is InChI=1S/C18H26N4O2.HI/c1-22-16(23)10-14(17(22)13-6-3-2-4-7-13)11-20-18(19)21-12-15-8-5-9-24-15;/h2-4,6-7,14-15,17H,5,8-12H2,1H3,(H3,19,20,21);1H. The zero-order valence-electron chi connectivity index (χ0n) is 14.6. The lowest BCUT2D eigenvalue weighted by Gasteiger charge is -2.24. The molecule has 7 heteroatoms. The molecule has 2 aliphatic heterocycles. The third kappa shape index (κ3) is 5.07. The molecule has 3 N–H and O–H groups in total. The van der Waals surface area contributed by atoms with Gasteiger partial charge in [0.15, 0.2) is 5.96 Å². The number of aliphatic imine (C=N–C) groups is 1. The lowest BCUT2D eigenvalue weighted by Crippen LogP contribution is -2.37. The predicted octanol–water partition coefficient (Wildman–Crippen LogP) is 1.91. The highest BCUT2D eigenvalue weighted by molar-refractivity contribution is 14.0. The second kappa shape index (κ2) is 9.38. The van der Waals surface area contributed by atoms with Crippen LogP contribution in [0.5, 0.6) is 0 Å². The number of hydrogen-bond donors (Lipinski definition) is 2. The van der Waals surface area contributed by atoms with E-state index in [2.05, 4.69) is 22.4 Å². The van der Waals surface area contributed by atoms with Crippen LogP contribution in [0.3, 0.4) is 0 Å². The van der Waals surface area contributed by atoms with Gasteiger partial charge >= 0.3 is 0 Å². The Morgan fingerprint density at radius 1 is 1.40 bits per heavy atom. The molecule has 25 heavy (non-hydrogen) atoms. The Morgan fingerprint density at radius 2 is 2.16 bits per heavy atom. The fraction of sp³-hybridized carbons (Fsp3) is 0.556. The smallest absolute Gasteiger partial charge is 0.223 e. The summed E-state index contributed by atoms with van der Waals surface area (Å²) in [5, 5.41) is 3.13. The van der Waals surface area contributed by atoms with Crippen LogP contribution in [0, 0.1) is 5.92 Å². The first-order valence-corrected chi connectivity index (χ1v) is 8.61. The zero-order valence-corrected chi connectivity index (χ0v) is 16.9. The summed E-state index contributed by atoms with van der Waals surface area (Å²) in [6.07, 6.45) is 2.92. The van der Waals surface area contributed by atoms with Crippen LogP contribution < -0.4 is 11.1 Å². The summed E-state index contributed by atoms with van der Waals surface area (Å²) in [7, 11) is 1.86. The molecular formula is C18H27IN4O2. The van der Waals surface area contributed by atoms with Crippen LogP contribution in [-0.2, 0) is 9.53 Å². The summed E-state index contributed by atoms with van der Waals surface area (Å²) in [6, 6.07) is 10.2. The minimum Gasteiger partial charge on any atom is -0.376 e. The monoisotopic (exact) mass is 458 g/mol. The average molecular weight is 458 g/mol. The van der Waals surface area contributed by atoms with Crippen molar-refractivity contribution >= 4 is 35.8 Å². The van der Waals surface area contributed by atoms with Gasteiger partial charge in [-0.2, -0.15) is 0 Å². The number of guanidine groups is 1. The average Bonchev–Trinajstić information content (AvgIpc) is 3.21. The molecule has 0 aromatic heterocycles. The van der Waals surface area contributed by atoms with Gasteiger partial charge in [-0.05, 0) is 18.4 Å². The third-order valence-corrected chi connectivity index (χ3v) is 4.87. The summed E-state index contributed by atoms with van der Waals surface area (Å²) in [5.41, 5.74) is 7.12. The van der Waals surface area contributed by atoms with E-state index in [1.807, 2.05) is 30.1 Å². The highest BCUT2D eigenvalue weighted by Gasteiger charge is 2.38. The number of halogens is 1. The highest BCUT2D eigenvalue weighted by Crippen LogP contribution is 2.36. The molecule has 2 saturated heterocycles. The Kier molecular flexibility index (Phi) is 7.49. The first-order chi connectivity index (χ1) is 11.6. The molecule has 0 aliphatic carbocycles. The Morgan fingerprint density at radius 3 is 2.84 bits per heavy atom. The van der Waals surface area contributed by atoms with E-state index in [1.54, 1.807) is 0 Å². The van der Waals surface area contributed by atoms with Gasteiger partial charge in [-0.1, -0.05) is 30.3 Å². The Balaban J connectivity index is 0.00000225. The van der Waals surface area contributed by atoms with E-state index in [0.717, 1.165) is 25.0 Å². The Hall–Kier alpha value is -1.35. The minimum atomic E-state index is 0. The fourth-order valence-electron chi connectivity index (χ4n) is 3.56. The van der Waals surface area contributed by atoms with E-state index in [4.69, 9.17) is 10.5 Å². The van der Waals surface area contributed by atoms with Crippen LogP contribution in [0.15, 0.2) is 35.3 Å². The molecule has 3 rings (SSSR count). The number of nitrogens with one attached hydrogen (secondary N) is 1. The second-order valence-electron chi connectivity index (χ2n) is 6.57. The van der Waals surface area contributed by atoms with Crippen LogP contribution in [-0.4, -0.2) is 49.6 Å². The van der Waals surface area contributed by atoms with Crippen molar-refractivity contribution in [3.8, 4) is 0 Å². The number of rotatable bonds is 5. The molecule has 2 heterocycles. The number of carbonyl (C=O) groups excluding carboxylic acids is 1. The minimum absolute atomic E-state index is 0. The van der Waals surface area contributed by atoms with Gasteiger partial charge in [0.05, 0.1) is 12.1 Å². The van der Waals surface area contributed by atoms with Gasteiger partial charge < -0.3 is 20.7 Å². The van der Waals surface area contributed by atoms with Gasteiger partial charge in [0.25, 0.3) is 0 Å². The molecule has 3 unspecified atom stereocenters. The van der Waals surface area contributed by atoms with E-state index in [0.29, 0.717) is 25.5 Å². The largest absolute Gasteiger partial charge is 0.376 e. The van der Waals surface area contributed by atoms with E-state index in [1.165, 1.54) is 0 Å². The van der Waals surface area contributed by atoms with E-state index in [-0.39, 0.29) is 47.9 Å². The van der Waals surface area contributed by atoms with Gasteiger partial charge in [0.2, 0.25) is 5.91 Å². The SMILES string of the molecule is CN1C(=O)CC(CN=C(N)NCC2CCCO2)C1c1ccccc1.I. The van der Waals surface area contributed by atoms with Crippen LogP contribution in [0.1, 0.15) is 30.9 Å². The summed E-state index contributed by atoms with van der Waals surface area (Å²) < 4.78 is 5.56. The van der Waals surface area contributed by atoms with Gasteiger partial charge in [0, 0.05) is 39.1 Å². The van der Waals surface area contributed by atoms with Crippen molar-refractivity contribution in [2.45, 2.75) is 31.4 Å². The normalized spacial score (nSPS) is 26.6. The summed E-state index contributed by atoms with van der Waals surface area (Å²) in [4.78, 5) is 18.4. The number of nitrogens with two attached hydrogens (primary N) is 1. The maximum atomic E-state index is 12.1. The highest BCUT2D eigenvalue weighted by atomic mass is 127. The van der Waals surface area contributed by atoms with Crippen LogP contribution in [0.25, 0.3) is 0 Å². The second-order valence-corrected chi connectivity index (χ2v) is 6.57. The summed E-state index contributed by atoms with van der Waals surface area (Å²) >= 11 is 0. The molecule has 2 aliphatic rings. The van der Waals surface area contributed by atoms with E-state index in [9.17, 15) is 4.79 Å². The predicted molar refractivity (Wildman–Crippen MR) is 109 cm³/mol. The topological polar surface area (TPSA) is 80.0 Å². The van der Waals surface area contributed by atoms with E-state index < -0.39 is 0 Å². The van der Waals surface area contributed by atoms with Crippen molar-refractivity contribution in [2.24, 2.45) is 16.6 Å². The van der Waals surface area contributed by atoms with Crippen LogP contribution in [0.2, 0.25) is 0 Å². The van der Waals surface area contributed by atoms with Crippen LogP contribution >= 0.6 is 24.0 Å². The maximum Gasteiger partial charge on any atom is 0.223 e. The van der Waals surface area contributed by atoms with Crippen molar-refractivity contribution in [3.05, 3.63) is 35.9 Å². The van der Waals surface area contributed by atoms with Crippen LogP contribution in [0.4, 0.5) is 0 Å². The number of hydrogen-bond acceptors (Lipinski definition) is 3. The molecule has 138 valence electrons. The maximum absolute atomic E-state index is 12.1. The van der Waals surface area contributed by atoms with Gasteiger partial charge in [0.1, 0.15) is 0 Å². The number of nitrogens with zero attached hydrogens (tertiary/aromatic N) is 2. The molecule has 2 fully saturated rings. The molecular weight excluding hydrogens is 431 g/mol. The Bertz CT molecular complexity index is 590. The third-order valence-electron chi connectivity index (χ3n) is 4.87. The fourth-order valence-corrected chi connectivity index (χ4v) is 3.56. The van der Waals surface area contributed by atoms with Gasteiger partial charge in [-0.15, -0.1) is 24.0 Å². The molecule has 0 bridgehead atoms. The molecule has 0 saturated carbocycles. The molecule has 6 nitrogen and oxygen atoms in total. The number of ether oxygens (including phenoxy) is 1. The molecule has 0 radical (unpaired) electrons. The number of benzene rings is 1. The van der Waals surface area contributed by atoms with Crippen molar-refractivity contribution in [1.82, 2.24) is 10.2 Å². The molecule has 1 amide bonds. The number of carbonyl (C=O) groups is 1. The van der Waals surface area contributed by atoms with E-state index >= 15 is 0 Å². The lowest BCUT2D eigenvalue weighted by atomic mass is 9.94. The lowest BCUT2D eigenvalue weighted by molar-refractivity contribution is -0.127. The van der Waals surface area contributed by atoms with Crippen molar-refractivity contribution in [1.29, 1.82) is 0 Å². The van der Waals surface area contributed by atoms with Crippen molar-refractivity contribution < 1.29 is 9.53 Å². The summed E-state index contributed by atoms with van der Waals surface area (Å²) in [5.74, 6) is 0.738. The molecule has 0 spiro atoms. The first-order valence-electron chi connectivity index (χ1n) is 8.61. The van der Waals surface area contributed by atoms with Gasteiger partial charge in [-0.25, -0.2) is 0 Å². The van der Waals surface area contributed by atoms with Gasteiger partial charge in [-0.3, -0.25) is 9.79 Å². The zero-order chi connectivity index (χ0) is 16.9. The van der Waals surface area contributed by atoms with Crippen molar-refractivity contribution in [2.75, 3.05) is 26.7 Å². The number of amides is 1. The number of likely N-dealkylation sites (tertiary alicyclic amines) is 1. The quantitative estimate of drug-likeness (QED) is 0.402. The summed E-state index contributed by atoms with van der Waals surface area (Å²) in [6.45, 7) is 2.07. The Labute approximate surface area is 166 Å². The molecule has 3 atom stereocenters. The molecule has 1 aromatic carbocycles.